The molecule has 2 saturated heterocycles. The van der Waals surface area contributed by atoms with Crippen LogP contribution in [-0.4, -0.2) is 100 Å². The van der Waals surface area contributed by atoms with Crippen molar-refractivity contribution in [1.29, 1.82) is 0 Å². The van der Waals surface area contributed by atoms with Gasteiger partial charge in [-0.05, 0) is 30.9 Å². The summed E-state index contributed by atoms with van der Waals surface area (Å²) in [5.74, 6) is 1.23. The molecule has 1 N–H and O–H groups in total. The highest BCUT2D eigenvalue weighted by molar-refractivity contribution is 5.84. The van der Waals surface area contributed by atoms with Gasteiger partial charge in [0.25, 0.3) is 5.91 Å². The summed E-state index contributed by atoms with van der Waals surface area (Å²) >= 11 is 0. The Hall–Kier alpha value is -3.40. The number of carbonyl (C=O) groups excluding carboxylic acids is 2. The maximum Gasteiger partial charge on any atom is 0.251 e. The van der Waals surface area contributed by atoms with E-state index in [4.69, 9.17) is 9.72 Å². The zero-order valence-electron chi connectivity index (χ0n) is 21.3. The second kappa shape index (κ2) is 10.3. The summed E-state index contributed by atoms with van der Waals surface area (Å²) in [6.45, 7) is 5.18. The van der Waals surface area contributed by atoms with Crippen molar-refractivity contribution in [3.05, 3.63) is 42.1 Å². The van der Waals surface area contributed by atoms with Crippen molar-refractivity contribution in [3.8, 4) is 0 Å². The number of nitrogens with zero attached hydrogens (tertiary/aromatic N) is 6. The van der Waals surface area contributed by atoms with Crippen LogP contribution in [0.1, 0.15) is 31.9 Å². The van der Waals surface area contributed by atoms with Gasteiger partial charge < -0.3 is 24.8 Å². The SMILES string of the molecule is CC1CC(c2nc3cnccn3c2NCC(=O)N2CCN(C(=O)C3CCCO3)CC2)=CC=C1N(C)C. The van der Waals surface area contributed by atoms with Crippen LogP contribution in [0, 0.1) is 5.92 Å². The van der Waals surface area contributed by atoms with E-state index in [1.165, 1.54) is 5.70 Å². The van der Waals surface area contributed by atoms with Gasteiger partial charge in [0.1, 0.15) is 17.6 Å². The molecule has 2 amide bonds. The number of piperazine rings is 1. The molecular weight excluding hydrogens is 458 g/mol. The third kappa shape index (κ3) is 4.82. The van der Waals surface area contributed by atoms with E-state index in [9.17, 15) is 9.59 Å². The Morgan fingerprint density at radius 1 is 1.17 bits per heavy atom. The second-order valence-corrected chi connectivity index (χ2v) is 9.96. The molecule has 4 heterocycles. The minimum atomic E-state index is -0.308. The Kier molecular flexibility index (Phi) is 6.95. The molecule has 2 unspecified atom stereocenters. The monoisotopic (exact) mass is 493 g/mol. The highest BCUT2D eigenvalue weighted by Crippen LogP contribution is 2.35. The van der Waals surface area contributed by atoms with Crippen LogP contribution in [0.4, 0.5) is 5.82 Å². The standard InChI is InChI=1S/C26H35N7O3/c1-18-15-19(6-7-20(18)30(2)3)24-25(33-9-8-27-16-22(33)29-24)28-17-23(34)31-10-12-32(13-11-31)26(35)21-5-4-14-36-21/h6-9,16,18,21,28H,4-5,10-15,17H2,1-3H3. The number of hydrogen-bond acceptors (Lipinski definition) is 7. The van der Waals surface area contributed by atoms with Crippen molar-refractivity contribution in [1.82, 2.24) is 29.1 Å². The van der Waals surface area contributed by atoms with E-state index in [1.807, 2.05) is 20.4 Å². The average molecular weight is 494 g/mol. The lowest BCUT2D eigenvalue weighted by Crippen LogP contribution is -2.53. The van der Waals surface area contributed by atoms with E-state index in [0.717, 1.165) is 42.0 Å². The summed E-state index contributed by atoms with van der Waals surface area (Å²) in [5.41, 5.74) is 4.00. The van der Waals surface area contributed by atoms with E-state index in [-0.39, 0.29) is 24.5 Å². The molecule has 10 heteroatoms. The van der Waals surface area contributed by atoms with Crippen LogP contribution in [-0.2, 0) is 14.3 Å². The van der Waals surface area contributed by atoms with Gasteiger partial charge in [-0.25, -0.2) is 4.98 Å². The molecule has 2 aromatic heterocycles. The highest BCUT2D eigenvalue weighted by atomic mass is 16.5. The van der Waals surface area contributed by atoms with Crippen LogP contribution in [0.15, 0.2) is 36.4 Å². The van der Waals surface area contributed by atoms with Gasteiger partial charge in [0.05, 0.1) is 12.7 Å². The van der Waals surface area contributed by atoms with Crippen molar-refractivity contribution in [2.45, 2.75) is 32.3 Å². The van der Waals surface area contributed by atoms with Crippen LogP contribution in [0.3, 0.4) is 0 Å². The Labute approximate surface area is 211 Å². The fourth-order valence-corrected chi connectivity index (χ4v) is 5.34. The van der Waals surface area contributed by atoms with Gasteiger partial charge in [0.2, 0.25) is 5.91 Å². The van der Waals surface area contributed by atoms with Gasteiger partial charge in [0.15, 0.2) is 5.65 Å². The quantitative estimate of drug-likeness (QED) is 0.656. The van der Waals surface area contributed by atoms with Crippen molar-refractivity contribution in [2.24, 2.45) is 5.92 Å². The van der Waals surface area contributed by atoms with Crippen LogP contribution < -0.4 is 5.32 Å². The number of anilines is 1. The first-order chi connectivity index (χ1) is 17.4. The molecule has 36 heavy (non-hydrogen) atoms. The fraction of sp³-hybridized carbons (Fsp3) is 0.538. The van der Waals surface area contributed by atoms with Gasteiger partial charge in [-0.1, -0.05) is 13.0 Å². The zero-order chi connectivity index (χ0) is 25.2. The number of fused-ring (bicyclic) bond motifs is 1. The summed E-state index contributed by atoms with van der Waals surface area (Å²) in [6, 6.07) is 0. The maximum absolute atomic E-state index is 13.1. The lowest BCUT2D eigenvalue weighted by Gasteiger charge is -2.35. The number of imidazole rings is 1. The first-order valence-corrected chi connectivity index (χ1v) is 12.7. The Bertz CT molecular complexity index is 1190. The number of aromatic nitrogens is 3. The number of carbonyl (C=O) groups is 2. The largest absolute Gasteiger partial charge is 0.381 e. The number of amides is 2. The lowest BCUT2D eigenvalue weighted by molar-refractivity contribution is -0.145. The molecule has 0 saturated carbocycles. The number of nitrogens with one attached hydrogen (secondary N) is 1. The molecule has 3 aliphatic rings. The molecule has 5 rings (SSSR count). The van der Waals surface area contributed by atoms with Gasteiger partial charge in [-0.2, -0.15) is 0 Å². The molecule has 192 valence electrons. The van der Waals surface area contributed by atoms with Crippen LogP contribution >= 0.6 is 0 Å². The van der Waals surface area contributed by atoms with Crippen molar-refractivity contribution >= 4 is 28.9 Å². The molecule has 0 aromatic carbocycles. The third-order valence-electron chi connectivity index (χ3n) is 7.29. The maximum atomic E-state index is 13.1. The molecule has 10 nitrogen and oxygen atoms in total. The first kappa shape index (κ1) is 24.3. The molecule has 2 aliphatic heterocycles. The highest BCUT2D eigenvalue weighted by Gasteiger charge is 2.31. The summed E-state index contributed by atoms with van der Waals surface area (Å²) in [5, 5.41) is 3.37. The third-order valence-corrected chi connectivity index (χ3v) is 7.29. The van der Waals surface area contributed by atoms with Crippen molar-refractivity contribution < 1.29 is 14.3 Å². The first-order valence-electron chi connectivity index (χ1n) is 12.7. The van der Waals surface area contributed by atoms with Crippen LogP contribution in [0.2, 0.25) is 0 Å². The van der Waals surface area contributed by atoms with Crippen LogP contribution in [0.25, 0.3) is 11.2 Å². The Balaban J connectivity index is 1.27. The molecule has 0 spiro atoms. The van der Waals surface area contributed by atoms with Gasteiger partial charge in [-0.3, -0.25) is 19.0 Å². The number of ether oxygens (including phenoxy) is 1. The van der Waals surface area contributed by atoms with E-state index in [2.05, 4.69) is 48.4 Å². The Morgan fingerprint density at radius 2 is 1.94 bits per heavy atom. The average Bonchev–Trinajstić information content (AvgIpc) is 3.55. The molecule has 1 aliphatic carbocycles. The number of allylic oxidation sites excluding steroid dienone is 4. The summed E-state index contributed by atoms with van der Waals surface area (Å²) < 4.78 is 7.49. The normalized spacial score (nSPS) is 22.4. The van der Waals surface area contributed by atoms with Crippen molar-refractivity contribution in [2.75, 3.05) is 58.7 Å². The topological polar surface area (TPSA) is 95.3 Å². The summed E-state index contributed by atoms with van der Waals surface area (Å²) in [7, 11) is 4.13. The summed E-state index contributed by atoms with van der Waals surface area (Å²) in [4.78, 5) is 40.6. The van der Waals surface area contributed by atoms with Gasteiger partial charge in [-0.15, -0.1) is 0 Å². The molecule has 2 aromatic rings. The Morgan fingerprint density at radius 3 is 2.64 bits per heavy atom. The molecular formula is C26H35N7O3. The fourth-order valence-electron chi connectivity index (χ4n) is 5.34. The minimum absolute atomic E-state index is 0.00922. The predicted octanol–water partition coefficient (Wildman–Crippen LogP) is 1.86. The van der Waals surface area contributed by atoms with E-state index >= 15 is 0 Å². The number of hydrogen-bond donors (Lipinski definition) is 1. The van der Waals surface area contributed by atoms with Gasteiger partial charge in [0, 0.05) is 70.9 Å². The zero-order valence-corrected chi connectivity index (χ0v) is 21.3. The van der Waals surface area contributed by atoms with Crippen molar-refractivity contribution in [3.63, 3.8) is 0 Å². The smallest absolute Gasteiger partial charge is 0.251 e. The van der Waals surface area contributed by atoms with Crippen LogP contribution in [0.5, 0.6) is 0 Å². The molecule has 0 radical (unpaired) electrons. The van der Waals surface area contributed by atoms with Gasteiger partial charge >= 0.3 is 0 Å². The second-order valence-electron chi connectivity index (χ2n) is 9.96. The molecule has 0 bridgehead atoms. The summed E-state index contributed by atoms with van der Waals surface area (Å²) in [6.07, 6.45) is 11.9. The lowest BCUT2D eigenvalue weighted by atomic mass is 9.90. The minimum Gasteiger partial charge on any atom is -0.381 e. The van der Waals surface area contributed by atoms with E-state index < -0.39 is 0 Å². The van der Waals surface area contributed by atoms with E-state index in [0.29, 0.717) is 38.7 Å². The molecule has 2 atom stereocenters. The van der Waals surface area contributed by atoms with E-state index in [1.54, 1.807) is 12.4 Å². The molecule has 2 fully saturated rings. The predicted molar refractivity (Wildman–Crippen MR) is 137 cm³/mol. The number of rotatable bonds is 6.